The van der Waals surface area contributed by atoms with E-state index in [4.69, 9.17) is 0 Å². The molecule has 8 heteroatoms. The minimum absolute atomic E-state index is 0.105. The van der Waals surface area contributed by atoms with Gasteiger partial charge in [0.2, 0.25) is 11.9 Å². The third-order valence-corrected chi connectivity index (χ3v) is 2.47. The molecule has 0 atom stereocenters. The van der Waals surface area contributed by atoms with Crippen molar-refractivity contribution in [3.8, 4) is 0 Å². The number of hydrogen-bond acceptors (Lipinski definition) is 7. The van der Waals surface area contributed by atoms with E-state index in [9.17, 15) is 4.79 Å². The van der Waals surface area contributed by atoms with Gasteiger partial charge in [-0.2, -0.15) is 4.37 Å². The van der Waals surface area contributed by atoms with Crippen molar-refractivity contribution in [3.63, 3.8) is 0 Å². The van der Waals surface area contributed by atoms with E-state index >= 15 is 0 Å². The van der Waals surface area contributed by atoms with Gasteiger partial charge in [-0.15, -0.1) is 0 Å². The van der Waals surface area contributed by atoms with E-state index in [1.54, 1.807) is 6.92 Å². The maximum absolute atomic E-state index is 11.5. The fraction of sp³-hybridized carbons (Fsp3) is 0.375. The lowest BCUT2D eigenvalue weighted by atomic mass is 10.2. The first-order valence-corrected chi connectivity index (χ1v) is 5.30. The minimum Gasteiger partial charge on any atom is -0.293 e. The number of nitrogens with zero attached hydrogens (tertiary/aromatic N) is 4. The number of aryl methyl sites for hydroxylation is 2. The first-order chi connectivity index (χ1) is 7.65. The molecule has 0 saturated heterocycles. The molecule has 0 aliphatic rings. The monoisotopic (exact) mass is 239 g/mol. The van der Waals surface area contributed by atoms with Crippen molar-refractivity contribution >= 4 is 23.4 Å². The Labute approximate surface area is 95.0 Å². The van der Waals surface area contributed by atoms with E-state index in [0.29, 0.717) is 17.3 Å². The van der Waals surface area contributed by atoms with Crippen LogP contribution in [0.1, 0.15) is 16.4 Å². The largest absolute Gasteiger partial charge is 0.293 e. The van der Waals surface area contributed by atoms with Crippen LogP contribution in [0.3, 0.4) is 0 Å². The molecule has 2 heterocycles. The summed E-state index contributed by atoms with van der Waals surface area (Å²) in [5.41, 5.74) is 1.13. The van der Waals surface area contributed by atoms with Gasteiger partial charge in [0.15, 0.2) is 0 Å². The van der Waals surface area contributed by atoms with Gasteiger partial charge in [0.05, 0.1) is 6.42 Å². The van der Waals surface area contributed by atoms with Crippen molar-refractivity contribution in [2.75, 3.05) is 5.32 Å². The van der Waals surface area contributed by atoms with Crippen LogP contribution < -0.4 is 5.32 Å². The van der Waals surface area contributed by atoms with Crippen LogP contribution in [-0.4, -0.2) is 25.6 Å². The number of nitrogens with one attached hydrogen (secondary N) is 1. The molecule has 1 amide bonds. The zero-order valence-corrected chi connectivity index (χ0v) is 9.54. The van der Waals surface area contributed by atoms with Crippen LogP contribution in [0, 0.1) is 13.8 Å². The van der Waals surface area contributed by atoms with E-state index in [1.807, 2.05) is 6.92 Å². The van der Waals surface area contributed by atoms with Gasteiger partial charge in [0.25, 0.3) is 0 Å². The highest BCUT2D eigenvalue weighted by atomic mass is 32.1. The second kappa shape index (κ2) is 4.35. The van der Waals surface area contributed by atoms with Crippen LogP contribution in [0.4, 0.5) is 5.95 Å². The Morgan fingerprint density at radius 2 is 2.25 bits per heavy atom. The molecule has 2 aromatic heterocycles. The van der Waals surface area contributed by atoms with E-state index in [2.05, 4.69) is 29.6 Å². The summed E-state index contributed by atoms with van der Waals surface area (Å²) in [5.74, 6) is 0.0817. The van der Waals surface area contributed by atoms with Gasteiger partial charge < -0.3 is 0 Å². The Hall–Kier alpha value is -1.83. The van der Waals surface area contributed by atoms with Crippen LogP contribution in [0.5, 0.6) is 0 Å². The zero-order valence-electron chi connectivity index (χ0n) is 8.72. The van der Waals surface area contributed by atoms with Gasteiger partial charge in [-0.3, -0.25) is 10.1 Å². The number of anilines is 1. The maximum atomic E-state index is 11.5. The normalized spacial score (nSPS) is 10.4. The molecule has 0 saturated carbocycles. The minimum atomic E-state index is -0.239. The van der Waals surface area contributed by atoms with Gasteiger partial charge in [-0.25, -0.2) is 9.61 Å². The summed E-state index contributed by atoms with van der Waals surface area (Å²) in [4.78, 5) is 15.6. The molecule has 0 bridgehead atoms. The maximum Gasteiger partial charge on any atom is 0.241 e. The van der Waals surface area contributed by atoms with Crippen molar-refractivity contribution in [2.45, 2.75) is 20.3 Å². The number of carbonyl (C=O) groups excluding carboxylic acids is 1. The highest BCUT2D eigenvalue weighted by molar-refractivity contribution is 7.05. The molecule has 0 spiro atoms. The average Bonchev–Trinajstić information content (AvgIpc) is 2.77. The summed E-state index contributed by atoms with van der Waals surface area (Å²) < 4.78 is 8.44. The van der Waals surface area contributed by atoms with Crippen molar-refractivity contribution in [2.24, 2.45) is 0 Å². The Balaban J connectivity index is 1.97. The Bertz CT molecular complexity index is 506. The summed E-state index contributed by atoms with van der Waals surface area (Å²) in [7, 11) is 0. The molecule has 84 valence electrons. The molecule has 0 unspecified atom stereocenters. The molecule has 7 nitrogen and oxygen atoms in total. The standard InChI is InChI=1S/C8H9N5O2S/c1-4-6(12-15-11-4)3-7(14)10-8-9-5(2)16-13-8/h3H2,1-2H3,(H,10,13,14). The molecule has 0 aromatic carbocycles. The molecule has 0 fully saturated rings. The second-order valence-corrected chi connectivity index (χ2v) is 4.11. The molecular weight excluding hydrogens is 230 g/mol. The third-order valence-electron chi connectivity index (χ3n) is 1.85. The quantitative estimate of drug-likeness (QED) is 0.848. The highest BCUT2D eigenvalue weighted by Gasteiger charge is 2.12. The zero-order chi connectivity index (χ0) is 11.5. The van der Waals surface area contributed by atoms with Crippen molar-refractivity contribution < 1.29 is 9.42 Å². The molecule has 0 aliphatic carbocycles. The Morgan fingerprint density at radius 3 is 2.81 bits per heavy atom. The number of amides is 1. The molecule has 2 rings (SSSR count). The number of carbonyl (C=O) groups is 1. The number of aromatic nitrogens is 4. The van der Waals surface area contributed by atoms with Crippen LogP contribution in [0.2, 0.25) is 0 Å². The molecule has 0 radical (unpaired) electrons. The van der Waals surface area contributed by atoms with E-state index in [-0.39, 0.29) is 12.3 Å². The number of rotatable bonds is 3. The molecule has 16 heavy (non-hydrogen) atoms. The first-order valence-electron chi connectivity index (χ1n) is 4.53. The Morgan fingerprint density at radius 1 is 1.44 bits per heavy atom. The molecule has 0 aliphatic heterocycles. The van der Waals surface area contributed by atoms with E-state index < -0.39 is 0 Å². The predicted octanol–water partition coefficient (Wildman–Crippen LogP) is 0.719. The summed E-state index contributed by atoms with van der Waals surface area (Å²) >= 11 is 1.24. The highest BCUT2D eigenvalue weighted by Crippen LogP contribution is 2.08. The summed E-state index contributed by atoms with van der Waals surface area (Å²) in [6.07, 6.45) is 0.105. The summed E-state index contributed by atoms with van der Waals surface area (Å²) in [5, 5.41) is 10.6. The van der Waals surface area contributed by atoms with Gasteiger partial charge in [-0.05, 0) is 25.4 Å². The lowest BCUT2D eigenvalue weighted by Crippen LogP contribution is -2.16. The van der Waals surface area contributed by atoms with E-state index in [1.165, 1.54) is 11.5 Å². The Kier molecular flexibility index (Phi) is 2.91. The smallest absolute Gasteiger partial charge is 0.241 e. The first kappa shape index (κ1) is 10.7. The van der Waals surface area contributed by atoms with Crippen LogP contribution in [0.15, 0.2) is 4.63 Å². The van der Waals surface area contributed by atoms with Gasteiger partial charge >= 0.3 is 0 Å². The third kappa shape index (κ3) is 2.40. The molecular formula is C8H9N5O2S. The fourth-order valence-corrected chi connectivity index (χ4v) is 1.51. The van der Waals surface area contributed by atoms with Crippen molar-refractivity contribution in [1.82, 2.24) is 19.7 Å². The van der Waals surface area contributed by atoms with Crippen molar-refractivity contribution in [1.29, 1.82) is 0 Å². The van der Waals surface area contributed by atoms with E-state index in [0.717, 1.165) is 5.01 Å². The fourth-order valence-electron chi connectivity index (χ4n) is 1.08. The van der Waals surface area contributed by atoms with Gasteiger partial charge in [0.1, 0.15) is 16.4 Å². The summed E-state index contributed by atoms with van der Waals surface area (Å²) in [6, 6.07) is 0. The number of hydrogen-bond donors (Lipinski definition) is 1. The molecule has 2 aromatic rings. The van der Waals surface area contributed by atoms with Crippen LogP contribution in [-0.2, 0) is 11.2 Å². The van der Waals surface area contributed by atoms with Crippen LogP contribution >= 0.6 is 11.5 Å². The SMILES string of the molecule is Cc1nc(NC(=O)Cc2nonc2C)ns1. The lowest BCUT2D eigenvalue weighted by Gasteiger charge is -1.97. The molecule has 1 N–H and O–H groups in total. The topological polar surface area (TPSA) is 93.8 Å². The second-order valence-electron chi connectivity index (χ2n) is 3.16. The summed E-state index contributed by atoms with van der Waals surface area (Å²) in [6.45, 7) is 3.55. The predicted molar refractivity (Wildman–Crippen MR) is 56.0 cm³/mol. The van der Waals surface area contributed by atoms with Crippen molar-refractivity contribution in [3.05, 3.63) is 16.4 Å². The van der Waals surface area contributed by atoms with Gasteiger partial charge in [-0.1, -0.05) is 10.3 Å². The average molecular weight is 239 g/mol. The van der Waals surface area contributed by atoms with Gasteiger partial charge in [0, 0.05) is 0 Å². The van der Waals surface area contributed by atoms with Crippen LogP contribution in [0.25, 0.3) is 0 Å². The lowest BCUT2D eigenvalue weighted by molar-refractivity contribution is -0.115.